The Labute approximate surface area is 199 Å². The molecule has 1 atom stereocenters. The number of benzene rings is 1. The van der Waals surface area contributed by atoms with Crippen LogP contribution in [0.15, 0.2) is 30.5 Å². The number of pyridine rings is 1. The van der Waals surface area contributed by atoms with Gasteiger partial charge in [0.1, 0.15) is 17.6 Å². The van der Waals surface area contributed by atoms with Crippen LogP contribution in [0.25, 0.3) is 11.1 Å². The molecule has 0 saturated carbocycles. The number of rotatable bonds is 7. The molecule has 2 heterocycles. The molecule has 9 nitrogen and oxygen atoms in total. The first-order chi connectivity index (χ1) is 16.0. The number of nitrogens with one attached hydrogen (secondary N) is 2. The van der Waals surface area contributed by atoms with Crippen molar-refractivity contribution < 1.29 is 17.6 Å². The number of halogens is 1. The van der Waals surface area contributed by atoms with Crippen LogP contribution >= 0.6 is 0 Å². The van der Waals surface area contributed by atoms with E-state index in [0.717, 1.165) is 23.7 Å². The van der Waals surface area contributed by atoms with E-state index in [1.54, 1.807) is 6.07 Å². The zero-order valence-corrected chi connectivity index (χ0v) is 20.5. The number of likely N-dealkylation sites (N-methyl/N-ethyl adjacent to an activating group) is 2. The third-order valence-corrected chi connectivity index (χ3v) is 7.37. The highest BCUT2D eigenvalue weighted by atomic mass is 32.2. The van der Waals surface area contributed by atoms with Crippen molar-refractivity contribution in [3.8, 4) is 17.2 Å². The zero-order valence-electron chi connectivity index (χ0n) is 19.7. The summed E-state index contributed by atoms with van der Waals surface area (Å²) in [5.41, 5.74) is 1.53. The number of carbonyl (C=O) groups is 1. The molecule has 2 amide bonds. The smallest absolute Gasteiger partial charge is 0.307 e. The van der Waals surface area contributed by atoms with Crippen LogP contribution in [0.1, 0.15) is 43.9 Å². The van der Waals surface area contributed by atoms with E-state index in [1.165, 1.54) is 31.4 Å². The molecule has 0 bridgehead atoms. The molecule has 1 fully saturated rings. The van der Waals surface area contributed by atoms with Gasteiger partial charge in [-0.2, -0.15) is 18.0 Å². The van der Waals surface area contributed by atoms with E-state index < -0.39 is 22.1 Å². The number of carbonyl (C=O) groups excluding carboxylic acids is 1. The Balaban J connectivity index is 1.84. The molecule has 0 radical (unpaired) electrons. The maximum absolute atomic E-state index is 14.9. The highest BCUT2D eigenvalue weighted by Crippen LogP contribution is 2.37. The van der Waals surface area contributed by atoms with Gasteiger partial charge in [0, 0.05) is 37.1 Å². The summed E-state index contributed by atoms with van der Waals surface area (Å²) < 4.78 is 43.5. The van der Waals surface area contributed by atoms with Crippen molar-refractivity contribution in [2.24, 2.45) is 0 Å². The van der Waals surface area contributed by atoms with Crippen LogP contribution in [0, 0.1) is 17.1 Å². The molecule has 1 aromatic heterocycles. The lowest BCUT2D eigenvalue weighted by atomic mass is 9.90. The third-order valence-electron chi connectivity index (χ3n) is 5.95. The van der Waals surface area contributed by atoms with E-state index >= 15 is 0 Å². The fourth-order valence-corrected chi connectivity index (χ4v) is 5.00. The van der Waals surface area contributed by atoms with Crippen LogP contribution in [-0.4, -0.2) is 61.9 Å². The first-order valence-electron chi connectivity index (χ1n) is 11.0. The first-order valence-corrected chi connectivity index (χ1v) is 12.4. The van der Waals surface area contributed by atoms with E-state index in [1.807, 2.05) is 31.7 Å². The van der Waals surface area contributed by atoms with Crippen LogP contribution in [0.3, 0.4) is 0 Å². The Kier molecular flexibility index (Phi) is 7.86. The van der Waals surface area contributed by atoms with Gasteiger partial charge in [0.15, 0.2) is 0 Å². The normalized spacial score (nSPS) is 16.6. The SMILES string of the molecule is CC(C)c1c(NC(=O)NS(=O)(=O)N(C)CC2CCCN2C)ccc(F)c1-c1ccnc(C#N)c1. The zero-order chi connectivity index (χ0) is 25.0. The molecule has 11 heteroatoms. The second-order valence-corrected chi connectivity index (χ2v) is 10.5. The van der Waals surface area contributed by atoms with E-state index in [9.17, 15) is 17.6 Å². The van der Waals surface area contributed by atoms with Gasteiger partial charge in [-0.3, -0.25) is 0 Å². The van der Waals surface area contributed by atoms with Gasteiger partial charge in [0.2, 0.25) is 0 Å². The predicted molar refractivity (Wildman–Crippen MR) is 128 cm³/mol. The van der Waals surface area contributed by atoms with Gasteiger partial charge in [-0.05, 0) is 67.7 Å². The van der Waals surface area contributed by atoms with Crippen LogP contribution in [0.5, 0.6) is 0 Å². The van der Waals surface area contributed by atoms with Crippen molar-refractivity contribution >= 4 is 21.9 Å². The van der Waals surface area contributed by atoms with Gasteiger partial charge < -0.3 is 10.2 Å². The molecule has 2 N–H and O–H groups in total. The van der Waals surface area contributed by atoms with Crippen LogP contribution < -0.4 is 10.0 Å². The number of hydrogen-bond acceptors (Lipinski definition) is 6. The number of hydrogen-bond donors (Lipinski definition) is 2. The monoisotopic (exact) mass is 488 g/mol. The van der Waals surface area contributed by atoms with Crippen LogP contribution in [0.4, 0.5) is 14.9 Å². The van der Waals surface area contributed by atoms with E-state index in [-0.39, 0.29) is 35.4 Å². The lowest BCUT2D eigenvalue weighted by molar-refractivity contribution is 0.253. The second-order valence-electron chi connectivity index (χ2n) is 8.70. The maximum atomic E-state index is 14.9. The van der Waals surface area contributed by atoms with Gasteiger partial charge in [-0.1, -0.05) is 13.8 Å². The molecule has 2 aromatic rings. The number of nitrogens with zero attached hydrogens (tertiary/aromatic N) is 4. The molecule has 1 unspecified atom stereocenters. The number of urea groups is 1. The summed E-state index contributed by atoms with van der Waals surface area (Å²) in [5, 5.41) is 11.7. The highest BCUT2D eigenvalue weighted by Gasteiger charge is 2.28. The van der Waals surface area contributed by atoms with E-state index in [0.29, 0.717) is 11.1 Å². The summed E-state index contributed by atoms with van der Waals surface area (Å²) in [4.78, 5) is 18.7. The number of anilines is 1. The molecule has 0 spiro atoms. The first kappa shape index (κ1) is 25.6. The quantitative estimate of drug-likeness (QED) is 0.618. The van der Waals surface area contributed by atoms with Crippen molar-refractivity contribution in [3.05, 3.63) is 47.5 Å². The molecule has 1 aliphatic heterocycles. The van der Waals surface area contributed by atoms with Gasteiger partial charge in [0.25, 0.3) is 0 Å². The molecule has 1 saturated heterocycles. The summed E-state index contributed by atoms with van der Waals surface area (Å²) in [7, 11) is -0.708. The van der Waals surface area contributed by atoms with Gasteiger partial charge in [0.05, 0.1) is 0 Å². The number of amides is 2. The third kappa shape index (κ3) is 5.70. The lowest BCUT2D eigenvalue weighted by Gasteiger charge is -2.25. The topological polar surface area (TPSA) is 118 Å². The number of nitriles is 1. The van der Waals surface area contributed by atoms with E-state index in [2.05, 4.69) is 15.2 Å². The maximum Gasteiger partial charge on any atom is 0.333 e. The summed E-state index contributed by atoms with van der Waals surface area (Å²) >= 11 is 0. The number of aromatic nitrogens is 1. The van der Waals surface area contributed by atoms with Crippen molar-refractivity contribution in [3.63, 3.8) is 0 Å². The fraction of sp³-hybridized carbons (Fsp3) is 0.435. The molecular weight excluding hydrogens is 459 g/mol. The Hall–Kier alpha value is -3.07. The standard InChI is InChI=1S/C23H29FN6O3S/c1-15(2)21-20(8-7-19(24)22(21)16-9-10-26-17(12-16)13-25)27-23(31)28-34(32,33)30(4)14-18-6-5-11-29(18)3/h7-10,12,15,18H,5-6,11,14H2,1-4H3,(H2,27,28,31). The second kappa shape index (κ2) is 10.5. The Morgan fingerprint density at radius 3 is 2.74 bits per heavy atom. The van der Waals surface area contributed by atoms with Crippen molar-refractivity contribution in [1.82, 2.24) is 18.9 Å². The van der Waals surface area contributed by atoms with Crippen molar-refractivity contribution in [2.75, 3.05) is 32.5 Å². The average molecular weight is 489 g/mol. The minimum Gasteiger partial charge on any atom is -0.307 e. The van der Waals surface area contributed by atoms with Crippen LogP contribution in [-0.2, 0) is 10.2 Å². The largest absolute Gasteiger partial charge is 0.333 e. The molecule has 0 aliphatic carbocycles. The van der Waals surface area contributed by atoms with Crippen LogP contribution in [0.2, 0.25) is 0 Å². The molecule has 3 rings (SSSR count). The lowest BCUT2D eigenvalue weighted by Crippen LogP contribution is -2.47. The number of likely N-dealkylation sites (tertiary alicyclic amines) is 1. The Morgan fingerprint density at radius 2 is 2.12 bits per heavy atom. The Morgan fingerprint density at radius 1 is 1.38 bits per heavy atom. The minimum absolute atomic E-state index is 0.0931. The van der Waals surface area contributed by atoms with Gasteiger partial charge in [-0.25, -0.2) is 18.9 Å². The van der Waals surface area contributed by atoms with Gasteiger partial charge >= 0.3 is 16.2 Å². The highest BCUT2D eigenvalue weighted by molar-refractivity contribution is 7.87. The summed E-state index contributed by atoms with van der Waals surface area (Å²) in [6.45, 7) is 4.83. The van der Waals surface area contributed by atoms with Crippen molar-refractivity contribution in [2.45, 2.75) is 38.6 Å². The predicted octanol–water partition coefficient (Wildman–Crippen LogP) is 3.28. The summed E-state index contributed by atoms with van der Waals surface area (Å²) in [6, 6.07) is 6.71. The minimum atomic E-state index is -4.08. The van der Waals surface area contributed by atoms with Gasteiger partial charge in [-0.15, -0.1) is 0 Å². The molecule has 1 aromatic carbocycles. The molecule has 1 aliphatic rings. The molecule has 34 heavy (non-hydrogen) atoms. The fourth-order valence-electron chi connectivity index (χ4n) is 4.19. The molecule has 182 valence electrons. The summed E-state index contributed by atoms with van der Waals surface area (Å²) in [6.07, 6.45) is 3.30. The average Bonchev–Trinajstić information content (AvgIpc) is 3.18. The summed E-state index contributed by atoms with van der Waals surface area (Å²) in [5.74, 6) is -0.755. The van der Waals surface area contributed by atoms with E-state index in [4.69, 9.17) is 5.26 Å². The van der Waals surface area contributed by atoms with Crippen molar-refractivity contribution in [1.29, 1.82) is 5.26 Å². The molecular formula is C23H29FN6O3S. The Bertz CT molecular complexity index is 1210.